The second-order valence-corrected chi connectivity index (χ2v) is 31.3. The van der Waals surface area contributed by atoms with Gasteiger partial charge in [0.2, 0.25) is 0 Å². The Bertz CT molecular complexity index is 4920. The third kappa shape index (κ3) is 12.1. The molecule has 0 radical (unpaired) electrons. The van der Waals surface area contributed by atoms with E-state index in [4.69, 9.17) is 0 Å². The number of imide groups is 3. The fourth-order valence-electron chi connectivity index (χ4n) is 19.4. The van der Waals surface area contributed by atoms with Crippen LogP contribution in [0.1, 0.15) is 345 Å². The maximum absolute atomic E-state index is 16.5. The molecule has 104 heavy (non-hydrogen) atoms. The molecule has 0 spiro atoms. The van der Waals surface area contributed by atoms with Crippen molar-refractivity contribution in [2.45, 2.75) is 291 Å². The smallest absolute Gasteiger partial charge is 0.261 e. The number of carbonyl (C=O) groups is 7. The maximum atomic E-state index is 16.5. The van der Waals surface area contributed by atoms with Crippen molar-refractivity contribution in [2.75, 3.05) is 0 Å². The molecule has 10 aromatic rings. The molecule has 544 valence electrons. The molecule has 14 rings (SSSR count). The van der Waals surface area contributed by atoms with Crippen molar-refractivity contribution in [3.8, 4) is 11.1 Å². The normalized spacial score (nSPS) is 15.5. The van der Waals surface area contributed by atoms with Gasteiger partial charge in [0.1, 0.15) is 0 Å². The van der Waals surface area contributed by atoms with Gasteiger partial charge in [0.15, 0.2) is 6.23 Å². The lowest BCUT2D eigenvalue weighted by Gasteiger charge is -2.40. The quantitative estimate of drug-likeness (QED) is 0.0175. The molecule has 0 fully saturated rings. The van der Waals surface area contributed by atoms with Crippen molar-refractivity contribution >= 4 is 128 Å². The second-order valence-electron chi connectivity index (χ2n) is 31.3. The van der Waals surface area contributed by atoms with E-state index >= 15 is 33.6 Å². The van der Waals surface area contributed by atoms with Gasteiger partial charge in [-0.1, -0.05) is 246 Å². The molecule has 4 aliphatic heterocycles. The number of aliphatic hydroxyl groups is 1. The zero-order chi connectivity index (χ0) is 72.8. The van der Waals surface area contributed by atoms with Gasteiger partial charge in [0.05, 0.1) is 0 Å². The Kier molecular flexibility index (Phi) is 21.6. The summed E-state index contributed by atoms with van der Waals surface area (Å²) in [7, 11) is 0. The SMILES string of the molecule is CCCCCC(CCCCC)N1C(=O)c2ccc3c4ccc5c6c(cc(-c7cc8c9c(ccc%10c%11ccc%12c%13c(ccc(c7c9%10)c%13%11)C(=O)N(C(CCCCC)CCCCC)C%12=O)C(=O)N(C(CCCCC)CCCCC)C8O)c(c7ccc(c2c37)C1=O)c64)C(=O)N(C(CCCCC)CCCCC)C5=O. The van der Waals surface area contributed by atoms with Crippen LogP contribution in [0.4, 0.5) is 0 Å². The first kappa shape index (κ1) is 72.6. The number of hydrogen-bond donors (Lipinski definition) is 1. The summed E-state index contributed by atoms with van der Waals surface area (Å²) in [5.41, 5.74) is 5.00. The van der Waals surface area contributed by atoms with Gasteiger partial charge in [-0.15, -0.1) is 0 Å². The van der Waals surface area contributed by atoms with Crippen molar-refractivity contribution in [3.05, 3.63) is 129 Å². The second kappa shape index (κ2) is 31.0. The Morgan fingerprint density at radius 2 is 0.500 bits per heavy atom. The first-order valence-electron chi connectivity index (χ1n) is 40.9. The first-order chi connectivity index (χ1) is 50.7. The number of benzene rings is 10. The van der Waals surface area contributed by atoms with Crippen molar-refractivity contribution in [2.24, 2.45) is 0 Å². The van der Waals surface area contributed by atoms with Crippen LogP contribution in [0.3, 0.4) is 0 Å². The van der Waals surface area contributed by atoms with E-state index in [0.717, 1.165) is 252 Å². The molecule has 10 aromatic carbocycles. The average molecular weight is 1400 g/mol. The molecule has 4 heterocycles. The van der Waals surface area contributed by atoms with E-state index in [1.54, 1.807) is 19.6 Å². The number of fused-ring (bicyclic) bond motifs is 4. The third-order valence-corrected chi connectivity index (χ3v) is 24.6. The highest BCUT2D eigenvalue weighted by Gasteiger charge is 2.45. The van der Waals surface area contributed by atoms with Crippen molar-refractivity contribution in [3.63, 3.8) is 0 Å². The minimum Gasteiger partial charge on any atom is -0.369 e. The summed E-state index contributed by atoms with van der Waals surface area (Å²) in [6.07, 6.45) is 27.4. The predicted octanol–water partition coefficient (Wildman–Crippen LogP) is 23.8. The zero-order valence-corrected chi connectivity index (χ0v) is 63.2. The lowest BCUT2D eigenvalue weighted by molar-refractivity contribution is -0.0200. The Morgan fingerprint density at radius 3 is 0.817 bits per heavy atom. The molecular formula is C92H108N4O8. The van der Waals surface area contributed by atoms with Crippen LogP contribution < -0.4 is 0 Å². The monoisotopic (exact) mass is 1400 g/mol. The van der Waals surface area contributed by atoms with Gasteiger partial charge in [-0.3, -0.25) is 48.3 Å². The number of carbonyl (C=O) groups excluding carboxylic acids is 7. The van der Waals surface area contributed by atoms with Crippen LogP contribution in [0.15, 0.2) is 84.9 Å². The summed E-state index contributed by atoms with van der Waals surface area (Å²) in [5, 5.41) is 25.1. The number of unbranched alkanes of at least 4 members (excludes halogenated alkanes) is 16. The zero-order valence-electron chi connectivity index (χ0n) is 63.2. The Hall–Kier alpha value is -8.35. The number of rotatable bonds is 37. The van der Waals surface area contributed by atoms with Crippen LogP contribution in [0, 0.1) is 0 Å². The van der Waals surface area contributed by atoms with Crippen LogP contribution in [0.5, 0.6) is 0 Å². The Morgan fingerprint density at radius 1 is 0.250 bits per heavy atom. The molecule has 1 N–H and O–H groups in total. The molecule has 1 unspecified atom stereocenters. The molecule has 7 amide bonds. The topological polar surface area (TPSA) is 153 Å². The summed E-state index contributed by atoms with van der Waals surface area (Å²) < 4.78 is 0. The molecule has 0 saturated heterocycles. The average Bonchev–Trinajstić information content (AvgIpc) is 0.676. The van der Waals surface area contributed by atoms with Crippen LogP contribution in [-0.4, -0.2) is 90.2 Å². The van der Waals surface area contributed by atoms with Crippen LogP contribution in [0.25, 0.3) is 97.3 Å². The molecule has 0 aliphatic carbocycles. The van der Waals surface area contributed by atoms with Crippen LogP contribution in [0.2, 0.25) is 0 Å². The third-order valence-electron chi connectivity index (χ3n) is 24.6. The summed E-state index contributed by atoms with van der Waals surface area (Å²) in [6.45, 7) is 17.4. The van der Waals surface area contributed by atoms with Gasteiger partial charge in [0, 0.05) is 90.2 Å². The summed E-state index contributed by atoms with van der Waals surface area (Å²) in [4.78, 5) is 117. The molecular weight excluding hydrogens is 1290 g/mol. The Labute approximate surface area is 614 Å². The van der Waals surface area contributed by atoms with E-state index in [1.165, 1.54) is 0 Å². The molecule has 4 aliphatic rings. The van der Waals surface area contributed by atoms with Crippen LogP contribution in [-0.2, 0) is 0 Å². The highest BCUT2D eigenvalue weighted by atomic mass is 16.3. The van der Waals surface area contributed by atoms with Crippen molar-refractivity contribution in [1.82, 2.24) is 19.6 Å². The number of amides is 7. The molecule has 0 bridgehead atoms. The number of nitrogens with zero attached hydrogens (tertiary/aromatic N) is 4. The minimum absolute atomic E-state index is 0.231. The van der Waals surface area contributed by atoms with E-state index in [0.29, 0.717) is 95.4 Å². The molecule has 12 nitrogen and oxygen atoms in total. The highest BCUT2D eigenvalue weighted by molar-refractivity contribution is 6.46. The maximum Gasteiger partial charge on any atom is 0.261 e. The lowest BCUT2D eigenvalue weighted by Crippen LogP contribution is -2.47. The lowest BCUT2D eigenvalue weighted by atomic mass is 9.76. The molecule has 12 heteroatoms. The van der Waals surface area contributed by atoms with Gasteiger partial charge < -0.3 is 10.0 Å². The molecule has 0 aromatic heterocycles. The highest BCUT2D eigenvalue weighted by Crippen LogP contribution is 2.56. The largest absolute Gasteiger partial charge is 0.369 e. The van der Waals surface area contributed by atoms with Gasteiger partial charge in [0.25, 0.3) is 41.4 Å². The van der Waals surface area contributed by atoms with Gasteiger partial charge >= 0.3 is 0 Å². The summed E-state index contributed by atoms with van der Waals surface area (Å²) in [5.74, 6) is -2.12. The van der Waals surface area contributed by atoms with E-state index in [1.807, 2.05) is 78.9 Å². The van der Waals surface area contributed by atoms with E-state index in [2.05, 4.69) is 61.5 Å². The number of aliphatic hydroxyl groups excluding tert-OH is 1. The van der Waals surface area contributed by atoms with E-state index in [-0.39, 0.29) is 65.5 Å². The van der Waals surface area contributed by atoms with Crippen LogP contribution >= 0.6 is 0 Å². The van der Waals surface area contributed by atoms with Gasteiger partial charge in [-0.25, -0.2) is 0 Å². The summed E-state index contributed by atoms with van der Waals surface area (Å²) >= 11 is 0. The van der Waals surface area contributed by atoms with E-state index in [9.17, 15) is 5.11 Å². The number of hydrogen-bond acceptors (Lipinski definition) is 8. The minimum atomic E-state index is -1.38. The van der Waals surface area contributed by atoms with Crippen molar-refractivity contribution in [1.29, 1.82) is 0 Å². The fourth-order valence-corrected chi connectivity index (χ4v) is 19.4. The van der Waals surface area contributed by atoms with Gasteiger partial charge in [-0.05, 0) is 176 Å². The fraction of sp³-hybridized carbons (Fsp3) is 0.489. The standard InChI is InChI=1S/C92H108N4O8/c1-9-17-25-33-55(34-26-18-10-2)93-85(97)65-47-41-59-61-43-49-69-81-73(91(103)95(89(69)101)57(37-29-21-13-5)38-30-22-14-6)53-71(77(83(61)81)63-45-51-67(87(93)99)79(65)75(59)63)72-54-74-82-70(90(102)96(92(74)104)58(39-31-23-15-7)40-32-24-16-8)50-44-62-60-42-48-66-80-68(52-46-64(76(60)80)78(72)84(62)82)88(100)94(86(66)98)56(35-27-19-11-3)36-28-20-12-4/h41-58,91,103H,9-40H2,1-8H3. The summed E-state index contributed by atoms with van der Waals surface area (Å²) in [6, 6.07) is 26.5. The first-order valence-corrected chi connectivity index (χ1v) is 40.9. The molecule has 0 saturated carbocycles. The predicted molar refractivity (Wildman–Crippen MR) is 425 cm³/mol. The Balaban J connectivity index is 1.11. The van der Waals surface area contributed by atoms with E-state index < -0.39 is 6.23 Å². The molecule has 1 atom stereocenters. The van der Waals surface area contributed by atoms with Crippen molar-refractivity contribution < 1.29 is 38.7 Å². The van der Waals surface area contributed by atoms with Gasteiger partial charge in [-0.2, -0.15) is 0 Å².